The van der Waals surface area contributed by atoms with Crippen molar-refractivity contribution in [1.82, 2.24) is 10.6 Å². The van der Waals surface area contributed by atoms with Gasteiger partial charge in [-0.25, -0.2) is 0 Å². The lowest BCUT2D eigenvalue weighted by molar-refractivity contribution is -0.124. The molecule has 0 bridgehead atoms. The summed E-state index contributed by atoms with van der Waals surface area (Å²) >= 11 is 0. The van der Waals surface area contributed by atoms with Gasteiger partial charge in [0.25, 0.3) is 0 Å². The van der Waals surface area contributed by atoms with E-state index in [0.717, 1.165) is 25.8 Å². The molecule has 0 radical (unpaired) electrons. The number of hydrogen-bond donors (Lipinski definition) is 2. The number of rotatable bonds is 3. The van der Waals surface area contributed by atoms with E-state index in [2.05, 4.69) is 38.3 Å². The van der Waals surface area contributed by atoms with Crippen molar-refractivity contribution >= 4 is 5.91 Å². The number of piperidine rings is 1. The van der Waals surface area contributed by atoms with E-state index < -0.39 is 0 Å². The molecular formula is C16H30N2O2. The molecule has 2 heterocycles. The summed E-state index contributed by atoms with van der Waals surface area (Å²) in [6.07, 6.45) is 3.16. The lowest BCUT2D eigenvalue weighted by Gasteiger charge is -2.38. The third-order valence-electron chi connectivity index (χ3n) is 4.82. The van der Waals surface area contributed by atoms with Crippen molar-refractivity contribution in [2.75, 3.05) is 13.1 Å². The fraction of sp³-hybridized carbons (Fsp3) is 0.938. The average Bonchev–Trinajstić information content (AvgIpc) is 2.58. The highest BCUT2D eigenvalue weighted by Gasteiger charge is 2.49. The second-order valence-electron chi connectivity index (χ2n) is 7.46. The summed E-state index contributed by atoms with van der Waals surface area (Å²) in [5.41, 5.74) is -0.127. The van der Waals surface area contributed by atoms with Crippen molar-refractivity contribution < 1.29 is 9.53 Å². The number of hydrogen-bond acceptors (Lipinski definition) is 3. The third kappa shape index (κ3) is 3.34. The lowest BCUT2D eigenvalue weighted by Crippen LogP contribution is -2.51. The summed E-state index contributed by atoms with van der Waals surface area (Å²) in [6.45, 7) is 12.4. The van der Waals surface area contributed by atoms with Gasteiger partial charge in [-0.05, 0) is 72.3 Å². The van der Waals surface area contributed by atoms with Crippen LogP contribution < -0.4 is 10.6 Å². The van der Waals surface area contributed by atoms with Gasteiger partial charge in [-0.3, -0.25) is 4.79 Å². The first-order chi connectivity index (χ1) is 9.25. The third-order valence-corrected chi connectivity index (χ3v) is 4.82. The normalized spacial score (nSPS) is 35.8. The molecule has 2 saturated heterocycles. The van der Waals surface area contributed by atoms with Gasteiger partial charge in [0.15, 0.2) is 0 Å². The first-order valence-electron chi connectivity index (χ1n) is 7.96. The standard InChI is InChI=1S/C16H30N2O2/c1-6-17-14(19)13-9-11(7-8-18-13)12-10-15(2,3)20-16(12,4)5/h11-13,18H,6-10H2,1-5H3,(H,17,19). The molecule has 116 valence electrons. The number of amides is 1. The van der Waals surface area contributed by atoms with E-state index in [0.29, 0.717) is 18.4 Å². The van der Waals surface area contributed by atoms with Crippen molar-refractivity contribution in [3.05, 3.63) is 0 Å². The highest BCUT2D eigenvalue weighted by Crippen LogP contribution is 2.47. The predicted molar refractivity (Wildman–Crippen MR) is 80.5 cm³/mol. The molecule has 20 heavy (non-hydrogen) atoms. The molecule has 2 rings (SSSR count). The summed E-state index contributed by atoms with van der Waals surface area (Å²) in [5.74, 6) is 1.25. The monoisotopic (exact) mass is 282 g/mol. The topological polar surface area (TPSA) is 50.4 Å². The van der Waals surface area contributed by atoms with Crippen LogP contribution in [-0.4, -0.2) is 36.2 Å². The van der Waals surface area contributed by atoms with Gasteiger partial charge < -0.3 is 15.4 Å². The summed E-state index contributed by atoms with van der Waals surface area (Å²) in [7, 11) is 0. The quantitative estimate of drug-likeness (QED) is 0.833. The molecule has 0 aromatic heterocycles. The summed E-state index contributed by atoms with van der Waals surface area (Å²) in [4.78, 5) is 12.0. The molecule has 2 fully saturated rings. The summed E-state index contributed by atoms with van der Waals surface area (Å²) in [5, 5.41) is 6.28. The molecule has 2 N–H and O–H groups in total. The predicted octanol–water partition coefficient (Wildman–Crippen LogP) is 2.08. The van der Waals surface area contributed by atoms with Gasteiger partial charge in [0.1, 0.15) is 0 Å². The maximum absolute atomic E-state index is 12.0. The van der Waals surface area contributed by atoms with E-state index in [1.54, 1.807) is 0 Å². The molecule has 3 atom stereocenters. The molecule has 0 saturated carbocycles. The molecule has 3 unspecified atom stereocenters. The average molecular weight is 282 g/mol. The van der Waals surface area contributed by atoms with Crippen LogP contribution >= 0.6 is 0 Å². The zero-order valence-electron chi connectivity index (χ0n) is 13.6. The summed E-state index contributed by atoms with van der Waals surface area (Å²) < 4.78 is 6.22. The van der Waals surface area contributed by atoms with Crippen LogP contribution in [0.5, 0.6) is 0 Å². The molecule has 1 amide bonds. The number of likely N-dealkylation sites (N-methyl/N-ethyl adjacent to an activating group) is 1. The molecule has 2 aliphatic rings. The maximum Gasteiger partial charge on any atom is 0.237 e. The van der Waals surface area contributed by atoms with Gasteiger partial charge in [-0.2, -0.15) is 0 Å². The van der Waals surface area contributed by atoms with Crippen LogP contribution in [0.2, 0.25) is 0 Å². The summed E-state index contributed by atoms with van der Waals surface area (Å²) in [6, 6.07) is -0.0341. The van der Waals surface area contributed by atoms with Gasteiger partial charge in [-0.1, -0.05) is 0 Å². The zero-order valence-corrected chi connectivity index (χ0v) is 13.6. The van der Waals surface area contributed by atoms with Gasteiger partial charge in [0, 0.05) is 6.54 Å². The smallest absolute Gasteiger partial charge is 0.237 e. The Balaban J connectivity index is 2.04. The Labute approximate surface area is 123 Å². The van der Waals surface area contributed by atoms with Crippen LogP contribution in [-0.2, 0) is 9.53 Å². The molecular weight excluding hydrogens is 252 g/mol. The van der Waals surface area contributed by atoms with Crippen LogP contribution in [0.25, 0.3) is 0 Å². The van der Waals surface area contributed by atoms with Crippen molar-refractivity contribution in [2.45, 2.75) is 71.1 Å². The van der Waals surface area contributed by atoms with E-state index in [1.165, 1.54) is 0 Å². The van der Waals surface area contributed by atoms with Crippen LogP contribution in [0.1, 0.15) is 53.9 Å². The van der Waals surface area contributed by atoms with E-state index in [-0.39, 0.29) is 23.2 Å². The minimum atomic E-state index is -0.0860. The molecule has 0 aliphatic carbocycles. The number of carbonyl (C=O) groups is 1. The lowest BCUT2D eigenvalue weighted by atomic mass is 9.72. The van der Waals surface area contributed by atoms with Crippen molar-refractivity contribution in [2.24, 2.45) is 11.8 Å². The largest absolute Gasteiger partial charge is 0.369 e. The Morgan fingerprint density at radius 2 is 2.05 bits per heavy atom. The fourth-order valence-corrected chi connectivity index (χ4v) is 4.15. The van der Waals surface area contributed by atoms with Crippen molar-refractivity contribution in [1.29, 1.82) is 0 Å². The van der Waals surface area contributed by atoms with E-state index >= 15 is 0 Å². The van der Waals surface area contributed by atoms with Crippen LogP contribution in [0, 0.1) is 11.8 Å². The molecule has 4 heteroatoms. The second kappa shape index (κ2) is 5.64. The minimum absolute atomic E-state index is 0.0341. The maximum atomic E-state index is 12.0. The Bertz CT molecular complexity index is 365. The first-order valence-corrected chi connectivity index (χ1v) is 7.96. The van der Waals surface area contributed by atoms with Crippen LogP contribution in [0.3, 0.4) is 0 Å². The van der Waals surface area contributed by atoms with Crippen LogP contribution in [0.15, 0.2) is 0 Å². The van der Waals surface area contributed by atoms with Gasteiger partial charge in [-0.15, -0.1) is 0 Å². The van der Waals surface area contributed by atoms with E-state index in [4.69, 9.17) is 4.74 Å². The SMILES string of the molecule is CCNC(=O)C1CC(C2CC(C)(C)OC2(C)C)CCN1. The highest BCUT2D eigenvalue weighted by atomic mass is 16.5. The second-order valence-corrected chi connectivity index (χ2v) is 7.46. The minimum Gasteiger partial charge on any atom is -0.369 e. The Hall–Kier alpha value is -0.610. The number of nitrogens with one attached hydrogen (secondary N) is 2. The number of carbonyl (C=O) groups excluding carboxylic acids is 1. The highest BCUT2D eigenvalue weighted by molar-refractivity contribution is 5.81. The Morgan fingerprint density at radius 1 is 1.35 bits per heavy atom. The molecule has 4 nitrogen and oxygen atoms in total. The molecule has 0 aromatic carbocycles. The zero-order chi connectivity index (χ0) is 15.0. The van der Waals surface area contributed by atoms with Crippen molar-refractivity contribution in [3.8, 4) is 0 Å². The van der Waals surface area contributed by atoms with E-state index in [1.807, 2.05) is 6.92 Å². The van der Waals surface area contributed by atoms with Gasteiger partial charge in [0.05, 0.1) is 17.2 Å². The Kier molecular flexibility index (Phi) is 4.45. The van der Waals surface area contributed by atoms with Gasteiger partial charge >= 0.3 is 0 Å². The Morgan fingerprint density at radius 3 is 2.60 bits per heavy atom. The first kappa shape index (κ1) is 15.8. The number of ether oxygens (including phenoxy) is 1. The molecule has 0 spiro atoms. The fourth-order valence-electron chi connectivity index (χ4n) is 4.15. The molecule has 2 aliphatic heterocycles. The van der Waals surface area contributed by atoms with E-state index in [9.17, 15) is 4.79 Å². The van der Waals surface area contributed by atoms with Crippen LogP contribution in [0.4, 0.5) is 0 Å². The van der Waals surface area contributed by atoms with Crippen molar-refractivity contribution in [3.63, 3.8) is 0 Å². The molecule has 0 aromatic rings. The van der Waals surface area contributed by atoms with Gasteiger partial charge in [0.2, 0.25) is 5.91 Å².